The molecule has 1 aromatic carbocycles. The first-order chi connectivity index (χ1) is 8.33. The molecule has 0 atom stereocenters. The van der Waals surface area contributed by atoms with Gasteiger partial charge in [0.05, 0.1) is 0 Å². The number of rotatable bonds is 2. The van der Waals surface area contributed by atoms with Gasteiger partial charge in [0.15, 0.2) is 0 Å². The van der Waals surface area contributed by atoms with E-state index in [1.165, 1.54) is 19.3 Å². The molecule has 0 heterocycles. The van der Waals surface area contributed by atoms with E-state index in [2.05, 4.69) is 15.9 Å². The minimum absolute atomic E-state index is 0.222. The minimum atomic E-state index is -1.33. The standard InChI is InChI=1S/C15H21BrFN/c1-14(2,17)12-7-6-11(10-13(12)16)15(18)8-4-3-5-9-15/h6-7,10H,3-5,8-9,18H2,1-2H3. The third-order valence-corrected chi connectivity index (χ3v) is 4.59. The smallest absolute Gasteiger partial charge is 0.131 e. The summed E-state index contributed by atoms with van der Waals surface area (Å²) < 4.78 is 14.8. The van der Waals surface area contributed by atoms with Crippen LogP contribution in [0.3, 0.4) is 0 Å². The van der Waals surface area contributed by atoms with Gasteiger partial charge in [-0.15, -0.1) is 0 Å². The van der Waals surface area contributed by atoms with Crippen LogP contribution in [0.25, 0.3) is 0 Å². The van der Waals surface area contributed by atoms with Crippen molar-refractivity contribution in [1.82, 2.24) is 0 Å². The van der Waals surface area contributed by atoms with E-state index < -0.39 is 5.67 Å². The molecule has 0 bridgehead atoms. The van der Waals surface area contributed by atoms with Gasteiger partial charge in [-0.05, 0) is 38.3 Å². The van der Waals surface area contributed by atoms with Gasteiger partial charge in [-0.3, -0.25) is 0 Å². The Hall–Kier alpha value is -0.410. The lowest BCUT2D eigenvalue weighted by Crippen LogP contribution is -2.38. The summed E-state index contributed by atoms with van der Waals surface area (Å²) in [7, 11) is 0. The van der Waals surface area contributed by atoms with Crippen molar-refractivity contribution < 1.29 is 4.39 Å². The van der Waals surface area contributed by atoms with Gasteiger partial charge in [0, 0.05) is 15.6 Å². The van der Waals surface area contributed by atoms with Crippen LogP contribution in [0.2, 0.25) is 0 Å². The molecule has 0 saturated heterocycles. The lowest BCUT2D eigenvalue weighted by atomic mass is 9.77. The van der Waals surface area contributed by atoms with Crippen molar-refractivity contribution in [3.8, 4) is 0 Å². The lowest BCUT2D eigenvalue weighted by molar-refractivity contribution is 0.220. The summed E-state index contributed by atoms with van der Waals surface area (Å²) in [5, 5.41) is 0. The molecule has 0 amide bonds. The van der Waals surface area contributed by atoms with Crippen LogP contribution in [-0.4, -0.2) is 0 Å². The van der Waals surface area contributed by atoms with Crippen molar-refractivity contribution in [3.63, 3.8) is 0 Å². The molecule has 3 heteroatoms. The van der Waals surface area contributed by atoms with Crippen LogP contribution in [0, 0.1) is 0 Å². The Morgan fingerprint density at radius 3 is 2.33 bits per heavy atom. The van der Waals surface area contributed by atoms with E-state index in [-0.39, 0.29) is 5.54 Å². The average Bonchev–Trinajstić information content (AvgIpc) is 2.28. The van der Waals surface area contributed by atoms with Gasteiger partial charge < -0.3 is 5.73 Å². The zero-order chi connectivity index (χ0) is 13.4. The monoisotopic (exact) mass is 313 g/mol. The van der Waals surface area contributed by atoms with Gasteiger partial charge in [-0.1, -0.05) is 47.3 Å². The molecule has 1 aliphatic carbocycles. The molecule has 1 nitrogen and oxygen atoms in total. The van der Waals surface area contributed by atoms with E-state index in [4.69, 9.17) is 5.73 Å². The Bertz CT molecular complexity index is 431. The van der Waals surface area contributed by atoms with Crippen molar-refractivity contribution in [2.75, 3.05) is 0 Å². The highest BCUT2D eigenvalue weighted by molar-refractivity contribution is 9.10. The van der Waals surface area contributed by atoms with Crippen LogP contribution in [0.5, 0.6) is 0 Å². The number of halogens is 2. The molecule has 1 aliphatic rings. The molecule has 0 radical (unpaired) electrons. The molecule has 0 aromatic heterocycles. The first-order valence-corrected chi connectivity index (χ1v) is 7.40. The molecular formula is C15H21BrFN. The number of alkyl halides is 1. The average molecular weight is 314 g/mol. The molecule has 1 fully saturated rings. The molecule has 0 unspecified atom stereocenters. The number of hydrogen-bond donors (Lipinski definition) is 1. The Morgan fingerprint density at radius 2 is 1.83 bits per heavy atom. The van der Waals surface area contributed by atoms with Crippen LogP contribution >= 0.6 is 15.9 Å². The van der Waals surface area contributed by atoms with Crippen LogP contribution in [0.1, 0.15) is 57.1 Å². The summed E-state index contributed by atoms with van der Waals surface area (Å²) >= 11 is 3.48. The van der Waals surface area contributed by atoms with Gasteiger partial charge in [0.1, 0.15) is 5.67 Å². The summed E-state index contributed by atoms with van der Waals surface area (Å²) in [5.41, 5.74) is 6.76. The van der Waals surface area contributed by atoms with Crippen molar-refractivity contribution in [2.45, 2.75) is 57.2 Å². The summed E-state index contributed by atoms with van der Waals surface area (Å²) in [6, 6.07) is 5.86. The summed E-state index contributed by atoms with van der Waals surface area (Å²) in [4.78, 5) is 0. The van der Waals surface area contributed by atoms with Gasteiger partial charge in [-0.25, -0.2) is 4.39 Å². The van der Waals surface area contributed by atoms with Crippen LogP contribution < -0.4 is 5.73 Å². The molecule has 1 saturated carbocycles. The van der Waals surface area contributed by atoms with Crippen molar-refractivity contribution in [1.29, 1.82) is 0 Å². The van der Waals surface area contributed by atoms with E-state index in [0.29, 0.717) is 5.56 Å². The highest BCUT2D eigenvalue weighted by atomic mass is 79.9. The SMILES string of the molecule is CC(C)(F)c1ccc(C2(N)CCCCC2)cc1Br. The van der Waals surface area contributed by atoms with E-state index in [0.717, 1.165) is 22.9 Å². The van der Waals surface area contributed by atoms with E-state index in [1.807, 2.05) is 18.2 Å². The molecule has 0 aliphatic heterocycles. The third-order valence-electron chi connectivity index (χ3n) is 3.93. The maximum atomic E-state index is 14.0. The van der Waals surface area contributed by atoms with Crippen LogP contribution in [-0.2, 0) is 11.2 Å². The van der Waals surface area contributed by atoms with Crippen molar-refractivity contribution in [2.24, 2.45) is 5.73 Å². The third kappa shape index (κ3) is 2.77. The first-order valence-electron chi connectivity index (χ1n) is 6.61. The molecule has 0 spiro atoms. The molecule has 1 aromatic rings. The molecule has 2 N–H and O–H groups in total. The Labute approximate surface area is 117 Å². The van der Waals surface area contributed by atoms with Gasteiger partial charge in [0.25, 0.3) is 0 Å². The molecular weight excluding hydrogens is 293 g/mol. The maximum Gasteiger partial charge on any atom is 0.131 e. The Balaban J connectivity index is 2.34. The number of nitrogens with two attached hydrogens (primary N) is 1. The lowest BCUT2D eigenvalue weighted by Gasteiger charge is -2.34. The van der Waals surface area contributed by atoms with Gasteiger partial charge in [-0.2, -0.15) is 0 Å². The van der Waals surface area contributed by atoms with Crippen LogP contribution in [0.15, 0.2) is 22.7 Å². The van der Waals surface area contributed by atoms with Crippen molar-refractivity contribution >= 4 is 15.9 Å². The fourth-order valence-corrected chi connectivity index (χ4v) is 3.63. The zero-order valence-electron chi connectivity index (χ0n) is 11.1. The predicted octanol–water partition coefficient (Wildman–Crippen LogP) is 4.77. The second-order valence-electron chi connectivity index (χ2n) is 5.88. The molecule has 18 heavy (non-hydrogen) atoms. The maximum absolute atomic E-state index is 14.0. The van der Waals surface area contributed by atoms with Gasteiger partial charge in [0.2, 0.25) is 0 Å². The van der Waals surface area contributed by atoms with E-state index in [9.17, 15) is 4.39 Å². The fraction of sp³-hybridized carbons (Fsp3) is 0.600. The van der Waals surface area contributed by atoms with E-state index >= 15 is 0 Å². The summed E-state index contributed by atoms with van der Waals surface area (Å²) in [6.45, 7) is 3.15. The van der Waals surface area contributed by atoms with Crippen LogP contribution in [0.4, 0.5) is 4.39 Å². The Morgan fingerprint density at radius 1 is 1.22 bits per heavy atom. The topological polar surface area (TPSA) is 26.0 Å². The zero-order valence-corrected chi connectivity index (χ0v) is 12.7. The molecule has 100 valence electrons. The summed E-state index contributed by atoms with van der Waals surface area (Å²) in [5.74, 6) is 0. The summed E-state index contributed by atoms with van der Waals surface area (Å²) in [6.07, 6.45) is 5.69. The second kappa shape index (κ2) is 4.93. The van der Waals surface area contributed by atoms with Gasteiger partial charge >= 0.3 is 0 Å². The van der Waals surface area contributed by atoms with Crippen molar-refractivity contribution in [3.05, 3.63) is 33.8 Å². The number of benzene rings is 1. The normalized spacial score (nSPS) is 19.8. The predicted molar refractivity (Wildman–Crippen MR) is 77.2 cm³/mol. The minimum Gasteiger partial charge on any atom is -0.321 e. The highest BCUT2D eigenvalue weighted by Crippen LogP contribution is 2.38. The highest BCUT2D eigenvalue weighted by Gasteiger charge is 2.31. The second-order valence-corrected chi connectivity index (χ2v) is 6.74. The Kier molecular flexibility index (Phi) is 3.84. The molecule has 2 rings (SSSR count). The first kappa shape index (κ1) is 14.0. The fourth-order valence-electron chi connectivity index (χ4n) is 2.78. The quantitative estimate of drug-likeness (QED) is 0.836. The van der Waals surface area contributed by atoms with E-state index in [1.54, 1.807) is 13.8 Å². The number of hydrogen-bond acceptors (Lipinski definition) is 1. The largest absolute Gasteiger partial charge is 0.321 e.